The molecule has 1 rings (SSSR count). The molecule has 0 radical (unpaired) electrons. The predicted molar refractivity (Wildman–Crippen MR) is 88.5 cm³/mol. The van der Waals surface area contributed by atoms with E-state index in [1.807, 2.05) is 27.7 Å². The Kier molecular flexibility index (Phi) is 8.16. The minimum absolute atomic E-state index is 0.0149. The zero-order valence-electron chi connectivity index (χ0n) is 14.1. The molecule has 0 saturated carbocycles. The summed E-state index contributed by atoms with van der Waals surface area (Å²) >= 11 is 0. The maximum Gasteiger partial charge on any atom is 0.282 e. The van der Waals surface area contributed by atoms with Crippen LogP contribution in [0.4, 0.5) is 0 Å². The molecule has 0 bridgehead atoms. The third-order valence-corrected chi connectivity index (χ3v) is 6.22. The van der Waals surface area contributed by atoms with Gasteiger partial charge in [-0.05, 0) is 58.5 Å². The maximum absolute atomic E-state index is 13.0. The Morgan fingerprint density at radius 1 is 1.10 bits per heavy atom. The van der Waals surface area contributed by atoms with Gasteiger partial charge in [0.1, 0.15) is 0 Å². The van der Waals surface area contributed by atoms with Crippen molar-refractivity contribution in [3.05, 3.63) is 0 Å². The zero-order chi connectivity index (χ0) is 15.9. The van der Waals surface area contributed by atoms with Gasteiger partial charge >= 0.3 is 0 Å². The van der Waals surface area contributed by atoms with Crippen molar-refractivity contribution in [2.45, 2.75) is 59.4 Å². The monoisotopic (exact) mass is 319 g/mol. The number of rotatable bonds is 9. The topological polar surface area (TPSA) is 52.7 Å². The predicted octanol–water partition coefficient (Wildman–Crippen LogP) is 2.06. The molecule has 21 heavy (non-hydrogen) atoms. The smallest absolute Gasteiger partial charge is 0.282 e. The van der Waals surface area contributed by atoms with Gasteiger partial charge in [-0.2, -0.15) is 17.0 Å². The normalized spacial score (nSPS) is 18.0. The first-order valence-corrected chi connectivity index (χ1v) is 9.80. The van der Waals surface area contributed by atoms with Crippen LogP contribution in [-0.2, 0) is 10.2 Å². The molecule has 0 aromatic rings. The van der Waals surface area contributed by atoms with Crippen LogP contribution < -0.4 is 5.32 Å². The fourth-order valence-electron chi connectivity index (χ4n) is 2.88. The van der Waals surface area contributed by atoms with Crippen LogP contribution in [0.5, 0.6) is 0 Å². The number of piperidine rings is 1. The molecule has 1 fully saturated rings. The largest absolute Gasteiger partial charge is 0.317 e. The van der Waals surface area contributed by atoms with Crippen molar-refractivity contribution < 1.29 is 8.42 Å². The van der Waals surface area contributed by atoms with E-state index in [4.69, 9.17) is 0 Å². The molecule has 5 nitrogen and oxygen atoms in total. The van der Waals surface area contributed by atoms with Gasteiger partial charge in [0.25, 0.3) is 10.2 Å². The van der Waals surface area contributed by atoms with Gasteiger partial charge in [0.05, 0.1) is 0 Å². The van der Waals surface area contributed by atoms with Crippen molar-refractivity contribution in [3.63, 3.8) is 0 Å². The second-order valence-corrected chi connectivity index (χ2v) is 8.14. The Labute approximate surface area is 131 Å². The van der Waals surface area contributed by atoms with Crippen LogP contribution in [0, 0.1) is 5.92 Å². The summed E-state index contributed by atoms with van der Waals surface area (Å²) in [5.41, 5.74) is 0. The van der Waals surface area contributed by atoms with Crippen LogP contribution in [0.25, 0.3) is 0 Å². The maximum atomic E-state index is 13.0. The lowest BCUT2D eigenvalue weighted by atomic mass is 9.98. The molecule has 1 heterocycles. The molecule has 1 aliphatic heterocycles. The Bertz CT molecular complexity index is 372. The van der Waals surface area contributed by atoms with Gasteiger partial charge in [-0.1, -0.05) is 13.8 Å². The number of nitrogens with one attached hydrogen (secondary N) is 1. The Hall–Kier alpha value is -0.170. The third-order valence-electron chi connectivity index (χ3n) is 4.04. The number of hydrogen-bond acceptors (Lipinski definition) is 3. The van der Waals surface area contributed by atoms with E-state index >= 15 is 0 Å². The molecule has 1 N–H and O–H groups in total. The molecule has 1 aliphatic rings. The molecule has 0 aromatic heterocycles. The van der Waals surface area contributed by atoms with E-state index in [1.54, 1.807) is 8.61 Å². The molecule has 0 spiro atoms. The van der Waals surface area contributed by atoms with Gasteiger partial charge in [0, 0.05) is 25.7 Å². The molecular weight excluding hydrogens is 286 g/mol. The third kappa shape index (κ3) is 5.51. The molecular formula is C15H33N3O2S. The van der Waals surface area contributed by atoms with E-state index < -0.39 is 10.2 Å². The van der Waals surface area contributed by atoms with E-state index in [2.05, 4.69) is 5.32 Å². The summed E-state index contributed by atoms with van der Waals surface area (Å²) in [6.07, 6.45) is 3.86. The number of nitrogens with zero attached hydrogens (tertiary/aromatic N) is 2. The van der Waals surface area contributed by atoms with Crippen molar-refractivity contribution in [1.82, 2.24) is 13.9 Å². The zero-order valence-corrected chi connectivity index (χ0v) is 15.0. The average Bonchev–Trinajstić information content (AvgIpc) is 2.45. The van der Waals surface area contributed by atoms with E-state index in [-0.39, 0.29) is 6.04 Å². The van der Waals surface area contributed by atoms with Crippen molar-refractivity contribution in [2.24, 2.45) is 5.92 Å². The van der Waals surface area contributed by atoms with Gasteiger partial charge in [0.15, 0.2) is 0 Å². The van der Waals surface area contributed by atoms with E-state index in [0.29, 0.717) is 25.6 Å². The molecule has 1 saturated heterocycles. The Morgan fingerprint density at radius 3 is 2.05 bits per heavy atom. The fourth-order valence-corrected chi connectivity index (χ4v) is 4.94. The van der Waals surface area contributed by atoms with Crippen LogP contribution in [0.2, 0.25) is 0 Å². The second kappa shape index (κ2) is 9.08. The summed E-state index contributed by atoms with van der Waals surface area (Å²) in [5, 5.41) is 3.34. The van der Waals surface area contributed by atoms with E-state index in [9.17, 15) is 8.42 Å². The first kappa shape index (κ1) is 18.9. The molecule has 0 aromatic carbocycles. The van der Waals surface area contributed by atoms with Gasteiger partial charge in [0.2, 0.25) is 0 Å². The highest BCUT2D eigenvalue weighted by atomic mass is 32.2. The Morgan fingerprint density at radius 2 is 1.62 bits per heavy atom. The van der Waals surface area contributed by atoms with Gasteiger partial charge in [-0.3, -0.25) is 0 Å². The minimum Gasteiger partial charge on any atom is -0.317 e. The molecule has 0 amide bonds. The second-order valence-electron chi connectivity index (χ2n) is 6.26. The van der Waals surface area contributed by atoms with Crippen molar-refractivity contribution in [1.29, 1.82) is 0 Å². The lowest BCUT2D eigenvalue weighted by Crippen LogP contribution is -2.50. The van der Waals surface area contributed by atoms with Gasteiger partial charge in [-0.25, -0.2) is 0 Å². The summed E-state index contributed by atoms with van der Waals surface area (Å²) in [4.78, 5) is 0. The lowest BCUT2D eigenvalue weighted by molar-refractivity contribution is 0.241. The summed E-state index contributed by atoms with van der Waals surface area (Å²) in [5.74, 6) is 0.480. The summed E-state index contributed by atoms with van der Waals surface area (Å²) in [6.45, 7) is 11.9. The fraction of sp³-hybridized carbons (Fsp3) is 1.00. The van der Waals surface area contributed by atoms with E-state index in [0.717, 1.165) is 38.8 Å². The summed E-state index contributed by atoms with van der Waals surface area (Å²) in [6, 6.07) is 0.0149. The molecule has 126 valence electrons. The van der Waals surface area contributed by atoms with Crippen molar-refractivity contribution >= 4 is 10.2 Å². The Balaban J connectivity index is 2.84. The van der Waals surface area contributed by atoms with Gasteiger partial charge in [-0.15, -0.1) is 0 Å². The highest BCUT2D eigenvalue weighted by molar-refractivity contribution is 7.86. The lowest BCUT2D eigenvalue weighted by Gasteiger charge is -2.35. The van der Waals surface area contributed by atoms with Crippen LogP contribution in [0.3, 0.4) is 0 Å². The first-order valence-electron chi connectivity index (χ1n) is 8.41. The van der Waals surface area contributed by atoms with E-state index in [1.165, 1.54) is 0 Å². The standard InChI is InChI=1S/C15H33N3O2S/c1-5-11-17(12-6-2)21(19,20)18(14(3)4)13-15-7-9-16-10-8-15/h14-16H,5-13H2,1-4H3. The average molecular weight is 320 g/mol. The summed E-state index contributed by atoms with van der Waals surface area (Å²) in [7, 11) is -3.34. The van der Waals surface area contributed by atoms with Crippen molar-refractivity contribution in [2.75, 3.05) is 32.7 Å². The minimum atomic E-state index is -3.34. The SMILES string of the molecule is CCCN(CCC)S(=O)(=O)N(CC1CCNCC1)C(C)C. The van der Waals surface area contributed by atoms with Crippen LogP contribution in [-0.4, -0.2) is 55.8 Å². The number of hydrogen-bond donors (Lipinski definition) is 1. The van der Waals surface area contributed by atoms with Crippen molar-refractivity contribution in [3.8, 4) is 0 Å². The highest BCUT2D eigenvalue weighted by Crippen LogP contribution is 2.20. The molecule has 0 atom stereocenters. The summed E-state index contributed by atoms with van der Waals surface area (Å²) < 4.78 is 29.3. The molecule has 6 heteroatoms. The van der Waals surface area contributed by atoms with Crippen LogP contribution in [0.1, 0.15) is 53.4 Å². The molecule has 0 aliphatic carbocycles. The highest BCUT2D eigenvalue weighted by Gasteiger charge is 2.32. The quantitative estimate of drug-likeness (QED) is 0.708. The first-order chi connectivity index (χ1) is 9.93. The molecule has 0 unspecified atom stereocenters. The van der Waals surface area contributed by atoms with Gasteiger partial charge < -0.3 is 5.32 Å². The van der Waals surface area contributed by atoms with Crippen LogP contribution >= 0.6 is 0 Å². The van der Waals surface area contributed by atoms with Crippen LogP contribution in [0.15, 0.2) is 0 Å².